The molecule has 120 valence electrons. The fourth-order valence-corrected chi connectivity index (χ4v) is 2.77. The molecule has 0 bridgehead atoms. The molecule has 1 aromatic carbocycles. The Balaban J connectivity index is 1.64. The van der Waals surface area contributed by atoms with E-state index in [1.807, 2.05) is 0 Å². The van der Waals surface area contributed by atoms with E-state index in [1.54, 1.807) is 6.20 Å². The van der Waals surface area contributed by atoms with Crippen molar-refractivity contribution in [3.8, 4) is 11.4 Å². The maximum atomic E-state index is 5.69. The summed E-state index contributed by atoms with van der Waals surface area (Å²) in [5, 5.41) is 7.93. The first-order valence-corrected chi connectivity index (χ1v) is 8.73. The molecule has 0 atom stereocenters. The molecule has 23 heavy (non-hydrogen) atoms. The van der Waals surface area contributed by atoms with Crippen molar-refractivity contribution < 1.29 is 4.42 Å². The SMILES string of the molecule is CCc1ccc(-c2nc(SCc3ncc(C(C)C)o3)n[nH]2)cc1. The monoisotopic (exact) mass is 328 g/mol. The number of oxazole rings is 1. The summed E-state index contributed by atoms with van der Waals surface area (Å²) in [6.45, 7) is 6.32. The number of aromatic nitrogens is 4. The zero-order chi connectivity index (χ0) is 16.2. The van der Waals surface area contributed by atoms with Gasteiger partial charge in [-0.2, -0.15) is 0 Å². The maximum Gasteiger partial charge on any atom is 0.209 e. The number of rotatable bonds is 6. The van der Waals surface area contributed by atoms with Gasteiger partial charge in [-0.15, -0.1) is 5.10 Å². The van der Waals surface area contributed by atoms with Gasteiger partial charge in [0.1, 0.15) is 5.76 Å². The molecule has 0 saturated heterocycles. The molecule has 3 aromatic rings. The van der Waals surface area contributed by atoms with Gasteiger partial charge in [0.2, 0.25) is 11.0 Å². The second kappa shape index (κ2) is 7.00. The minimum Gasteiger partial charge on any atom is -0.445 e. The van der Waals surface area contributed by atoms with Crippen molar-refractivity contribution in [3.05, 3.63) is 47.7 Å². The number of H-pyrrole nitrogens is 1. The van der Waals surface area contributed by atoms with Gasteiger partial charge in [-0.3, -0.25) is 5.10 Å². The van der Waals surface area contributed by atoms with E-state index in [9.17, 15) is 0 Å². The van der Waals surface area contributed by atoms with Gasteiger partial charge in [-0.1, -0.05) is 56.8 Å². The summed E-state index contributed by atoms with van der Waals surface area (Å²) >= 11 is 1.51. The van der Waals surface area contributed by atoms with Crippen LogP contribution in [0.25, 0.3) is 11.4 Å². The highest BCUT2D eigenvalue weighted by Crippen LogP contribution is 2.24. The van der Waals surface area contributed by atoms with Crippen LogP contribution in [0.1, 0.15) is 43.9 Å². The predicted octanol–water partition coefficient (Wildman–Crippen LogP) is 4.44. The van der Waals surface area contributed by atoms with Crippen LogP contribution in [-0.4, -0.2) is 20.2 Å². The van der Waals surface area contributed by atoms with Gasteiger partial charge < -0.3 is 4.42 Å². The molecular weight excluding hydrogens is 308 g/mol. The second-order valence-electron chi connectivity index (χ2n) is 5.62. The lowest BCUT2D eigenvalue weighted by atomic mass is 10.1. The van der Waals surface area contributed by atoms with Gasteiger partial charge in [-0.25, -0.2) is 9.97 Å². The molecule has 2 heterocycles. The third-order valence-electron chi connectivity index (χ3n) is 3.57. The summed E-state index contributed by atoms with van der Waals surface area (Å²) in [6.07, 6.45) is 2.82. The summed E-state index contributed by atoms with van der Waals surface area (Å²) in [4.78, 5) is 8.80. The lowest BCUT2D eigenvalue weighted by molar-refractivity contribution is 0.453. The van der Waals surface area contributed by atoms with Gasteiger partial charge in [0.05, 0.1) is 11.9 Å². The molecule has 0 saturated carbocycles. The zero-order valence-corrected chi connectivity index (χ0v) is 14.4. The quantitative estimate of drug-likeness (QED) is 0.678. The third-order valence-corrected chi connectivity index (χ3v) is 4.40. The molecule has 6 heteroatoms. The Bertz CT molecular complexity index is 761. The third kappa shape index (κ3) is 3.82. The van der Waals surface area contributed by atoms with Crippen molar-refractivity contribution in [2.45, 2.75) is 44.0 Å². The first-order valence-electron chi connectivity index (χ1n) is 7.74. The molecule has 3 rings (SSSR count). The summed E-state index contributed by atoms with van der Waals surface area (Å²) in [5.74, 6) is 3.37. The highest BCUT2D eigenvalue weighted by molar-refractivity contribution is 7.98. The number of nitrogens with zero attached hydrogens (tertiary/aromatic N) is 3. The van der Waals surface area contributed by atoms with Crippen molar-refractivity contribution in [2.24, 2.45) is 0 Å². The van der Waals surface area contributed by atoms with Gasteiger partial charge in [0.25, 0.3) is 0 Å². The van der Waals surface area contributed by atoms with E-state index in [-0.39, 0.29) is 0 Å². The van der Waals surface area contributed by atoms with Crippen molar-refractivity contribution >= 4 is 11.8 Å². The molecule has 1 N–H and O–H groups in total. The first-order chi connectivity index (χ1) is 11.2. The second-order valence-corrected chi connectivity index (χ2v) is 6.56. The number of thioether (sulfide) groups is 1. The van der Waals surface area contributed by atoms with Crippen molar-refractivity contribution in [2.75, 3.05) is 0 Å². The van der Waals surface area contributed by atoms with Crippen molar-refractivity contribution in [1.29, 1.82) is 0 Å². The van der Waals surface area contributed by atoms with Crippen LogP contribution in [-0.2, 0) is 12.2 Å². The molecular formula is C17H20N4OS. The Morgan fingerprint density at radius 3 is 2.65 bits per heavy atom. The minimum absolute atomic E-state index is 0.349. The molecule has 0 fully saturated rings. The molecule has 0 spiro atoms. The average molecular weight is 328 g/mol. The van der Waals surface area contributed by atoms with Crippen LogP contribution in [0.15, 0.2) is 40.0 Å². The van der Waals surface area contributed by atoms with Crippen molar-refractivity contribution in [1.82, 2.24) is 20.2 Å². The van der Waals surface area contributed by atoms with E-state index in [0.717, 1.165) is 23.6 Å². The first kappa shape index (κ1) is 15.8. The Morgan fingerprint density at radius 2 is 2.00 bits per heavy atom. The number of nitrogens with one attached hydrogen (secondary N) is 1. The maximum absolute atomic E-state index is 5.69. The summed E-state index contributed by atoms with van der Waals surface area (Å²) < 4.78 is 5.69. The van der Waals surface area contributed by atoms with Crippen LogP contribution >= 0.6 is 11.8 Å². The summed E-state index contributed by atoms with van der Waals surface area (Å²) in [7, 11) is 0. The predicted molar refractivity (Wildman–Crippen MR) is 91.3 cm³/mol. The van der Waals surface area contributed by atoms with Crippen LogP contribution in [0.3, 0.4) is 0 Å². The van der Waals surface area contributed by atoms with Crippen LogP contribution in [0.2, 0.25) is 0 Å². The average Bonchev–Trinajstić information content (AvgIpc) is 3.22. The standard InChI is InChI=1S/C17H20N4OS/c1-4-12-5-7-13(8-6-12)16-19-17(21-20-16)23-10-15-18-9-14(22-15)11(2)3/h5-9,11H,4,10H2,1-3H3,(H,19,20,21). The van der Waals surface area contributed by atoms with Crippen LogP contribution in [0.4, 0.5) is 0 Å². The molecule has 0 aliphatic rings. The van der Waals surface area contributed by atoms with E-state index in [2.05, 4.69) is 65.2 Å². The van der Waals surface area contributed by atoms with E-state index >= 15 is 0 Å². The van der Waals surface area contributed by atoms with Crippen molar-refractivity contribution in [3.63, 3.8) is 0 Å². The number of aryl methyl sites for hydroxylation is 1. The largest absolute Gasteiger partial charge is 0.445 e. The Hall–Kier alpha value is -2.08. The molecule has 5 nitrogen and oxygen atoms in total. The van der Waals surface area contributed by atoms with Crippen LogP contribution < -0.4 is 0 Å². The number of aromatic amines is 1. The van der Waals surface area contributed by atoms with E-state index in [1.165, 1.54) is 17.3 Å². The molecule has 2 aromatic heterocycles. The number of hydrogen-bond donors (Lipinski definition) is 1. The normalized spacial score (nSPS) is 11.3. The Kier molecular flexibility index (Phi) is 4.81. The summed E-state index contributed by atoms with van der Waals surface area (Å²) in [5.41, 5.74) is 2.35. The lowest BCUT2D eigenvalue weighted by Crippen LogP contribution is -1.84. The van der Waals surface area contributed by atoms with Crippen LogP contribution in [0.5, 0.6) is 0 Å². The van der Waals surface area contributed by atoms with Crippen LogP contribution in [0, 0.1) is 0 Å². The fourth-order valence-electron chi connectivity index (χ4n) is 2.12. The molecule has 0 radical (unpaired) electrons. The van der Waals surface area contributed by atoms with E-state index < -0.39 is 0 Å². The van der Waals surface area contributed by atoms with E-state index in [4.69, 9.17) is 4.42 Å². The Labute approximate surface area is 139 Å². The molecule has 0 aliphatic carbocycles. The van der Waals surface area contributed by atoms with E-state index in [0.29, 0.717) is 22.7 Å². The lowest BCUT2D eigenvalue weighted by Gasteiger charge is -1.98. The minimum atomic E-state index is 0.349. The molecule has 0 unspecified atom stereocenters. The molecule has 0 amide bonds. The Morgan fingerprint density at radius 1 is 1.22 bits per heavy atom. The highest BCUT2D eigenvalue weighted by atomic mass is 32.2. The van der Waals surface area contributed by atoms with Gasteiger partial charge in [0.15, 0.2) is 5.82 Å². The number of hydrogen-bond acceptors (Lipinski definition) is 5. The fraction of sp³-hybridized carbons (Fsp3) is 0.353. The summed E-state index contributed by atoms with van der Waals surface area (Å²) in [6, 6.07) is 8.36. The number of benzene rings is 1. The van der Waals surface area contributed by atoms with Gasteiger partial charge >= 0.3 is 0 Å². The zero-order valence-electron chi connectivity index (χ0n) is 13.5. The smallest absolute Gasteiger partial charge is 0.209 e. The highest BCUT2D eigenvalue weighted by Gasteiger charge is 2.10. The van der Waals surface area contributed by atoms with Gasteiger partial charge in [-0.05, 0) is 12.0 Å². The van der Waals surface area contributed by atoms with Gasteiger partial charge in [0, 0.05) is 11.5 Å². The topological polar surface area (TPSA) is 67.6 Å². The molecule has 0 aliphatic heterocycles.